The summed E-state index contributed by atoms with van der Waals surface area (Å²) in [4.78, 5) is 51.4. The lowest BCUT2D eigenvalue weighted by Gasteiger charge is -2.38. The number of carbonyl (C=O) groups is 3. The molecule has 3 aromatic rings. The molecular weight excluding hydrogens is 613 g/mol. The molecule has 0 spiro atoms. The van der Waals surface area contributed by atoms with E-state index in [9.17, 15) is 14.4 Å². The highest BCUT2D eigenvalue weighted by Crippen LogP contribution is 2.32. The first-order valence-electron chi connectivity index (χ1n) is 12.5. The molecule has 38 heavy (non-hydrogen) atoms. The van der Waals surface area contributed by atoms with Crippen LogP contribution in [0.4, 0.5) is 0 Å². The van der Waals surface area contributed by atoms with Crippen LogP contribution in [0.1, 0.15) is 55.2 Å². The summed E-state index contributed by atoms with van der Waals surface area (Å²) in [5.74, 6) is -0.681. The Hall–Kier alpha value is -2.86. The fourth-order valence-corrected chi connectivity index (χ4v) is 6.82. The molecule has 0 aliphatic carbocycles. The minimum Gasteiger partial charge on any atom is -0.350 e. The summed E-state index contributed by atoms with van der Waals surface area (Å²) in [6.07, 6.45) is 4.43. The van der Waals surface area contributed by atoms with E-state index < -0.39 is 17.5 Å². The Balaban J connectivity index is 1.44. The van der Waals surface area contributed by atoms with Crippen molar-refractivity contribution in [2.75, 3.05) is 6.54 Å². The molecule has 200 valence electrons. The van der Waals surface area contributed by atoms with Crippen molar-refractivity contribution in [2.24, 2.45) is 5.41 Å². The highest BCUT2D eigenvalue weighted by molar-refractivity contribution is 14.1. The second-order valence-corrected chi connectivity index (χ2v) is 12.4. The number of nitrogens with zero attached hydrogens (tertiary/aromatic N) is 4. The van der Waals surface area contributed by atoms with Crippen molar-refractivity contribution in [1.29, 1.82) is 0 Å². The maximum absolute atomic E-state index is 13.9. The Morgan fingerprint density at radius 1 is 1.21 bits per heavy atom. The predicted octanol–water partition coefficient (Wildman–Crippen LogP) is 5.03. The molecular formula is C28H32IN5O3S. The van der Waals surface area contributed by atoms with Gasteiger partial charge in [0.05, 0.1) is 44.5 Å². The van der Waals surface area contributed by atoms with E-state index in [4.69, 9.17) is 0 Å². The van der Waals surface area contributed by atoms with Crippen LogP contribution in [0.3, 0.4) is 0 Å². The van der Waals surface area contributed by atoms with E-state index in [1.54, 1.807) is 34.6 Å². The number of thiazole rings is 1. The molecule has 1 N–H and O–H groups in total. The zero-order chi connectivity index (χ0) is 27.4. The Bertz CT molecular complexity index is 1290. The normalized spacial score (nSPS) is 16.2. The summed E-state index contributed by atoms with van der Waals surface area (Å²) in [6.45, 7) is 8.64. The molecule has 1 aromatic carbocycles. The number of aromatic nitrogens is 2. The maximum atomic E-state index is 13.9. The minimum absolute atomic E-state index is 0.176. The van der Waals surface area contributed by atoms with E-state index >= 15 is 0 Å². The average Bonchev–Trinajstić information content (AvgIpc) is 3.56. The van der Waals surface area contributed by atoms with Crippen LogP contribution in [0.15, 0.2) is 54.3 Å². The van der Waals surface area contributed by atoms with Crippen LogP contribution in [0, 0.1) is 12.3 Å². The van der Waals surface area contributed by atoms with E-state index in [1.807, 2.05) is 80.3 Å². The number of carbonyl (C=O) groups excluding carboxylic acids is 3. The van der Waals surface area contributed by atoms with E-state index in [0.717, 1.165) is 28.1 Å². The molecule has 2 atom stereocenters. The number of likely N-dealkylation sites (tertiary alicyclic amines) is 1. The van der Waals surface area contributed by atoms with Gasteiger partial charge in [0.1, 0.15) is 12.1 Å². The third kappa shape index (κ3) is 6.23. The van der Waals surface area contributed by atoms with Crippen LogP contribution >= 0.6 is 34.2 Å². The molecule has 10 heteroatoms. The van der Waals surface area contributed by atoms with Crippen LogP contribution in [0.25, 0.3) is 10.4 Å². The summed E-state index contributed by atoms with van der Waals surface area (Å²) in [5, 5.41) is 3.01. The summed E-state index contributed by atoms with van der Waals surface area (Å²) in [5.41, 5.74) is 4.79. The standard InChI is InChI=1S/C28H32IN5O3S/c1-18-23(38-17-32-18)20-11-9-19(10-12-20)15-31-25(35)22-8-6-14-33(22)27(37)24(28(2,3)4)34(29)26(36)21-7-5-13-30-16-21/h5,7,9-13,16-17,22,24H,6,8,14-15H2,1-4H3,(H,31,35)/t22-,24+/m0/s1. The minimum atomic E-state index is -0.744. The molecule has 3 heterocycles. The van der Waals surface area contributed by atoms with Gasteiger partial charge in [0, 0.05) is 25.5 Å². The zero-order valence-electron chi connectivity index (χ0n) is 22.0. The first kappa shape index (κ1) is 28.2. The SMILES string of the molecule is Cc1ncsc1-c1ccc(CNC(=O)[C@@H]2CCCN2C(=O)[C@@H](N(I)C(=O)c2cccnc2)C(C)(C)C)cc1. The van der Waals surface area contributed by atoms with Crippen LogP contribution < -0.4 is 5.32 Å². The fraction of sp³-hybridized carbons (Fsp3) is 0.393. The molecule has 1 saturated heterocycles. The topological polar surface area (TPSA) is 95.5 Å². The van der Waals surface area contributed by atoms with Gasteiger partial charge in [0.25, 0.3) is 5.91 Å². The van der Waals surface area contributed by atoms with E-state index in [1.165, 1.54) is 9.31 Å². The van der Waals surface area contributed by atoms with Gasteiger partial charge in [-0.25, -0.2) is 4.98 Å². The molecule has 1 fully saturated rings. The zero-order valence-corrected chi connectivity index (χ0v) is 25.0. The number of nitrogens with one attached hydrogen (secondary N) is 1. The van der Waals surface area contributed by atoms with Gasteiger partial charge in [-0.15, -0.1) is 11.3 Å². The highest BCUT2D eigenvalue weighted by atomic mass is 127. The van der Waals surface area contributed by atoms with Crippen molar-refractivity contribution in [3.63, 3.8) is 0 Å². The van der Waals surface area contributed by atoms with Crippen LogP contribution in [-0.4, -0.2) is 54.3 Å². The van der Waals surface area contributed by atoms with Crippen molar-refractivity contribution < 1.29 is 14.4 Å². The molecule has 2 aromatic heterocycles. The Morgan fingerprint density at radius 2 is 1.95 bits per heavy atom. The Labute approximate surface area is 241 Å². The third-order valence-electron chi connectivity index (χ3n) is 6.65. The number of rotatable bonds is 7. The quantitative estimate of drug-likeness (QED) is 0.288. The van der Waals surface area contributed by atoms with Gasteiger partial charge < -0.3 is 10.2 Å². The lowest BCUT2D eigenvalue weighted by atomic mass is 9.85. The smallest absolute Gasteiger partial charge is 0.264 e. The fourth-order valence-electron chi connectivity index (χ4n) is 4.66. The monoisotopic (exact) mass is 645 g/mol. The van der Waals surface area contributed by atoms with Gasteiger partial charge in [0.15, 0.2) is 0 Å². The van der Waals surface area contributed by atoms with Crippen molar-refractivity contribution in [3.05, 3.63) is 71.1 Å². The van der Waals surface area contributed by atoms with Crippen LogP contribution in [0.2, 0.25) is 0 Å². The summed E-state index contributed by atoms with van der Waals surface area (Å²) >= 11 is 3.53. The molecule has 0 radical (unpaired) electrons. The van der Waals surface area contributed by atoms with Crippen molar-refractivity contribution >= 4 is 51.9 Å². The number of hydrogen-bond donors (Lipinski definition) is 1. The first-order chi connectivity index (χ1) is 18.1. The summed E-state index contributed by atoms with van der Waals surface area (Å²) in [6, 6.07) is 10.1. The van der Waals surface area contributed by atoms with E-state index in [0.29, 0.717) is 25.1 Å². The summed E-state index contributed by atoms with van der Waals surface area (Å²) in [7, 11) is 0. The molecule has 1 aliphatic rings. The lowest BCUT2D eigenvalue weighted by molar-refractivity contribution is -0.143. The van der Waals surface area contributed by atoms with Gasteiger partial charge in [0.2, 0.25) is 11.8 Å². The molecule has 0 unspecified atom stereocenters. The maximum Gasteiger partial charge on any atom is 0.264 e. The number of pyridine rings is 1. The van der Waals surface area contributed by atoms with Crippen molar-refractivity contribution in [1.82, 2.24) is 23.3 Å². The predicted molar refractivity (Wildman–Crippen MR) is 157 cm³/mol. The largest absolute Gasteiger partial charge is 0.350 e. The number of aryl methyl sites for hydroxylation is 1. The van der Waals surface area contributed by atoms with Crippen molar-refractivity contribution in [2.45, 2.75) is 59.2 Å². The second-order valence-electron chi connectivity index (χ2n) is 10.5. The first-order valence-corrected chi connectivity index (χ1v) is 14.4. The van der Waals surface area contributed by atoms with Gasteiger partial charge in [-0.3, -0.25) is 22.5 Å². The van der Waals surface area contributed by atoms with E-state index in [-0.39, 0.29) is 17.7 Å². The lowest BCUT2D eigenvalue weighted by Crippen LogP contribution is -2.56. The van der Waals surface area contributed by atoms with Crippen LogP contribution in [-0.2, 0) is 16.1 Å². The number of benzene rings is 1. The molecule has 8 nitrogen and oxygen atoms in total. The molecule has 4 rings (SSSR count). The summed E-state index contributed by atoms with van der Waals surface area (Å²) < 4.78 is 1.46. The Kier molecular flexibility index (Phi) is 8.81. The van der Waals surface area contributed by atoms with Gasteiger partial charge >= 0.3 is 0 Å². The highest BCUT2D eigenvalue weighted by Gasteiger charge is 2.45. The second kappa shape index (κ2) is 11.9. The van der Waals surface area contributed by atoms with Crippen LogP contribution in [0.5, 0.6) is 0 Å². The van der Waals surface area contributed by atoms with Crippen molar-refractivity contribution in [3.8, 4) is 10.4 Å². The number of amides is 3. The van der Waals surface area contributed by atoms with Gasteiger partial charge in [-0.2, -0.15) is 0 Å². The van der Waals surface area contributed by atoms with Gasteiger partial charge in [-0.05, 0) is 48.4 Å². The Morgan fingerprint density at radius 3 is 2.55 bits per heavy atom. The molecule has 1 aliphatic heterocycles. The number of hydrogen-bond acceptors (Lipinski definition) is 6. The van der Waals surface area contributed by atoms with E-state index in [2.05, 4.69) is 15.3 Å². The molecule has 3 amide bonds. The average molecular weight is 646 g/mol. The van der Waals surface area contributed by atoms with Gasteiger partial charge in [-0.1, -0.05) is 45.0 Å². The molecule has 0 bridgehead atoms. The number of halogens is 1. The third-order valence-corrected chi connectivity index (χ3v) is 8.62. The molecule has 0 saturated carbocycles.